The zero-order chi connectivity index (χ0) is 26.8. The summed E-state index contributed by atoms with van der Waals surface area (Å²) < 4.78 is 0. The van der Waals surface area contributed by atoms with Crippen LogP contribution in [0, 0.1) is 0 Å². The minimum Gasteiger partial charge on any atom is -0.508 e. The average Bonchev–Trinajstić information content (AvgIpc) is 2.88. The van der Waals surface area contributed by atoms with Crippen LogP contribution < -0.4 is 27.0 Å². The monoisotopic (exact) mass is 510 g/mol. The van der Waals surface area contributed by atoms with Crippen LogP contribution in [0.25, 0.3) is 0 Å². The lowest BCUT2D eigenvalue weighted by atomic mass is 10.1. The van der Waals surface area contributed by atoms with Crippen LogP contribution in [-0.2, 0) is 32.0 Å². The Kier molecular flexibility index (Phi) is 9.99. The fraction of sp³-hybridized carbons (Fsp3) is 0.385. The van der Waals surface area contributed by atoms with E-state index in [9.17, 15) is 24.3 Å². The number of likely N-dealkylation sites (N-methyl/N-ethyl adjacent to an activating group) is 1. The molecule has 1 saturated heterocycles. The van der Waals surface area contributed by atoms with E-state index in [0.717, 1.165) is 11.1 Å². The molecule has 11 heteroatoms. The molecule has 7 N–H and O–H groups in total. The highest BCUT2D eigenvalue weighted by Gasteiger charge is 2.27. The molecular weight excluding hydrogens is 476 g/mol. The maximum Gasteiger partial charge on any atom is 0.244 e. The molecule has 1 fully saturated rings. The van der Waals surface area contributed by atoms with E-state index in [-0.39, 0.29) is 31.2 Å². The fourth-order valence-corrected chi connectivity index (χ4v) is 3.94. The van der Waals surface area contributed by atoms with Gasteiger partial charge in [0.15, 0.2) is 0 Å². The Labute approximate surface area is 215 Å². The van der Waals surface area contributed by atoms with Crippen molar-refractivity contribution in [3.63, 3.8) is 0 Å². The molecule has 3 rings (SSSR count). The normalized spacial score (nSPS) is 20.8. The molecule has 0 aromatic heterocycles. The molecule has 2 aromatic rings. The highest BCUT2D eigenvalue weighted by atomic mass is 16.3. The Morgan fingerprint density at radius 1 is 1.05 bits per heavy atom. The molecule has 0 bridgehead atoms. The largest absolute Gasteiger partial charge is 0.508 e. The van der Waals surface area contributed by atoms with Crippen LogP contribution in [0.1, 0.15) is 11.1 Å². The summed E-state index contributed by atoms with van der Waals surface area (Å²) in [5, 5.41) is 20.2. The summed E-state index contributed by atoms with van der Waals surface area (Å²) in [6.07, 6.45) is 0.521. The van der Waals surface area contributed by atoms with E-state index >= 15 is 0 Å². The lowest BCUT2D eigenvalue weighted by Gasteiger charge is -2.25. The van der Waals surface area contributed by atoms with Crippen LogP contribution in [0.5, 0.6) is 5.75 Å². The van der Waals surface area contributed by atoms with E-state index in [1.54, 1.807) is 24.1 Å². The smallest absolute Gasteiger partial charge is 0.244 e. The molecule has 1 aliphatic rings. The van der Waals surface area contributed by atoms with Crippen molar-refractivity contribution >= 4 is 23.6 Å². The summed E-state index contributed by atoms with van der Waals surface area (Å²) >= 11 is 0. The van der Waals surface area contributed by atoms with E-state index in [0.29, 0.717) is 19.5 Å². The first-order valence-electron chi connectivity index (χ1n) is 12.1. The quantitative estimate of drug-likeness (QED) is 0.280. The third-order valence-corrected chi connectivity index (χ3v) is 6.01. The molecule has 0 spiro atoms. The molecular formula is C26H34N6O5. The van der Waals surface area contributed by atoms with Crippen molar-refractivity contribution in [2.24, 2.45) is 5.73 Å². The average molecular weight is 511 g/mol. The van der Waals surface area contributed by atoms with E-state index < -0.39 is 35.8 Å². The number of rotatable bonds is 6. The van der Waals surface area contributed by atoms with Gasteiger partial charge in [0.2, 0.25) is 23.6 Å². The molecule has 4 amide bonds. The van der Waals surface area contributed by atoms with Gasteiger partial charge in [0.1, 0.15) is 17.8 Å². The van der Waals surface area contributed by atoms with Gasteiger partial charge in [-0.25, -0.2) is 0 Å². The van der Waals surface area contributed by atoms with Crippen LogP contribution in [0.2, 0.25) is 0 Å². The van der Waals surface area contributed by atoms with E-state index in [4.69, 9.17) is 5.73 Å². The number of hydrogen-bond acceptors (Lipinski definition) is 7. The van der Waals surface area contributed by atoms with E-state index in [1.165, 1.54) is 12.1 Å². The van der Waals surface area contributed by atoms with Crippen LogP contribution in [-0.4, -0.2) is 85.0 Å². The molecule has 0 aliphatic carbocycles. The van der Waals surface area contributed by atoms with E-state index in [1.807, 2.05) is 30.3 Å². The second-order valence-corrected chi connectivity index (χ2v) is 9.12. The van der Waals surface area contributed by atoms with Crippen LogP contribution in [0.15, 0.2) is 54.6 Å². The maximum atomic E-state index is 12.9. The maximum absolute atomic E-state index is 12.9. The molecule has 1 heterocycles. The van der Waals surface area contributed by atoms with Crippen molar-refractivity contribution in [1.29, 1.82) is 0 Å². The Hall–Kier alpha value is -3.96. The molecule has 37 heavy (non-hydrogen) atoms. The second kappa shape index (κ2) is 13.4. The van der Waals surface area contributed by atoms with Gasteiger partial charge in [0.25, 0.3) is 0 Å². The van der Waals surface area contributed by atoms with Crippen molar-refractivity contribution in [3.8, 4) is 5.75 Å². The van der Waals surface area contributed by atoms with Crippen molar-refractivity contribution < 1.29 is 24.3 Å². The topological polar surface area (TPSA) is 166 Å². The molecule has 11 nitrogen and oxygen atoms in total. The lowest BCUT2D eigenvalue weighted by molar-refractivity contribution is -0.131. The highest BCUT2D eigenvalue weighted by molar-refractivity contribution is 5.93. The number of carbonyl (C=O) groups is 4. The number of nitrogens with one attached hydrogen (secondary N) is 4. The summed E-state index contributed by atoms with van der Waals surface area (Å²) in [7, 11) is 1.76. The predicted molar refractivity (Wildman–Crippen MR) is 137 cm³/mol. The lowest BCUT2D eigenvalue weighted by Crippen LogP contribution is -2.57. The number of hydrogen-bond donors (Lipinski definition) is 6. The first kappa shape index (κ1) is 27.6. The van der Waals surface area contributed by atoms with Crippen LogP contribution in [0.4, 0.5) is 0 Å². The summed E-state index contributed by atoms with van der Waals surface area (Å²) in [5.74, 6) is -1.79. The summed E-state index contributed by atoms with van der Waals surface area (Å²) in [6, 6.07) is 13.0. The van der Waals surface area contributed by atoms with Crippen molar-refractivity contribution in [1.82, 2.24) is 26.2 Å². The first-order chi connectivity index (χ1) is 17.7. The Balaban J connectivity index is 1.64. The number of carbonyl (C=O) groups excluding carboxylic acids is 4. The number of nitrogens with zero attached hydrogens (tertiary/aromatic N) is 1. The number of phenols is 1. The van der Waals surface area contributed by atoms with Crippen molar-refractivity contribution in [3.05, 3.63) is 65.7 Å². The third-order valence-electron chi connectivity index (χ3n) is 6.01. The fourth-order valence-electron chi connectivity index (χ4n) is 3.94. The van der Waals surface area contributed by atoms with Crippen LogP contribution in [0.3, 0.4) is 0 Å². The predicted octanol–water partition coefficient (Wildman–Crippen LogP) is -1.35. The van der Waals surface area contributed by atoms with Gasteiger partial charge in [-0.15, -0.1) is 0 Å². The highest BCUT2D eigenvalue weighted by Crippen LogP contribution is 2.11. The molecule has 3 atom stereocenters. The number of phenolic OH excluding ortho intramolecular Hbond substituents is 1. The first-order valence-corrected chi connectivity index (χ1v) is 12.1. The molecule has 1 aliphatic heterocycles. The van der Waals surface area contributed by atoms with Gasteiger partial charge < -0.3 is 37.0 Å². The van der Waals surface area contributed by atoms with E-state index in [2.05, 4.69) is 21.3 Å². The van der Waals surface area contributed by atoms with Gasteiger partial charge in [0.05, 0.1) is 12.6 Å². The molecule has 198 valence electrons. The van der Waals surface area contributed by atoms with Crippen molar-refractivity contribution in [2.45, 2.75) is 31.0 Å². The Morgan fingerprint density at radius 2 is 1.76 bits per heavy atom. The SMILES string of the molecule is CN1CCNC(=O)[C@H](Cc2ccccc2)NC(=O)CNC(=O)[C@H](NC(=O)[C@@H](N)Cc2ccc(O)cc2)C1. The van der Waals surface area contributed by atoms with Crippen LogP contribution >= 0.6 is 0 Å². The number of aromatic hydroxyl groups is 1. The number of nitrogens with two attached hydrogens (primary N) is 1. The van der Waals surface area contributed by atoms with Gasteiger partial charge >= 0.3 is 0 Å². The number of amides is 4. The van der Waals surface area contributed by atoms with Gasteiger partial charge in [-0.3, -0.25) is 19.2 Å². The van der Waals surface area contributed by atoms with Gasteiger partial charge in [0, 0.05) is 26.1 Å². The second-order valence-electron chi connectivity index (χ2n) is 9.12. The molecule has 0 radical (unpaired) electrons. The summed E-state index contributed by atoms with van der Waals surface area (Å²) in [4.78, 5) is 52.8. The van der Waals surface area contributed by atoms with Crippen molar-refractivity contribution in [2.75, 3.05) is 33.2 Å². The third kappa shape index (κ3) is 8.89. The van der Waals surface area contributed by atoms with Gasteiger partial charge in [-0.2, -0.15) is 0 Å². The zero-order valence-corrected chi connectivity index (χ0v) is 20.8. The minimum absolute atomic E-state index is 0.108. The van der Waals surface area contributed by atoms with Gasteiger partial charge in [-0.05, 0) is 36.7 Å². The molecule has 0 unspecified atom stereocenters. The summed E-state index contributed by atoms with van der Waals surface area (Å²) in [5.41, 5.74) is 7.71. The Morgan fingerprint density at radius 3 is 2.46 bits per heavy atom. The Bertz CT molecular complexity index is 1080. The number of benzene rings is 2. The molecule has 0 saturated carbocycles. The van der Waals surface area contributed by atoms with Gasteiger partial charge in [-0.1, -0.05) is 42.5 Å². The molecule has 2 aromatic carbocycles. The minimum atomic E-state index is -0.965. The summed E-state index contributed by atoms with van der Waals surface area (Å²) in [6.45, 7) is 0.498. The zero-order valence-electron chi connectivity index (χ0n) is 20.8. The standard InChI is InChI=1S/C26H34N6O5/c1-32-12-11-28-25(36)21(14-17-5-3-2-4-6-17)30-23(34)15-29-26(37)22(16-32)31-24(35)20(27)13-18-7-9-19(33)10-8-18/h2-10,20-22,33H,11-16,27H2,1H3,(H,28,36)(H,29,37)(H,30,34)(H,31,35)/t20-,21-,22+/m0/s1.